The molecule has 26 heavy (non-hydrogen) atoms. The second kappa shape index (κ2) is 5.55. The van der Waals surface area contributed by atoms with Crippen LogP contribution in [0.1, 0.15) is 0 Å². The van der Waals surface area contributed by atoms with E-state index >= 15 is 0 Å². The first-order valence-corrected chi connectivity index (χ1v) is 10.9. The minimum atomic E-state index is 1.19. The average Bonchev–Trinajstić information content (AvgIpc) is 3.41. The van der Waals surface area contributed by atoms with Crippen molar-refractivity contribution in [2.75, 3.05) is 0 Å². The summed E-state index contributed by atoms with van der Waals surface area (Å²) in [4.78, 5) is 5.99. The van der Waals surface area contributed by atoms with Gasteiger partial charge in [-0.3, -0.25) is 0 Å². The molecule has 0 atom stereocenters. The van der Waals surface area contributed by atoms with E-state index in [4.69, 9.17) is 0 Å². The summed E-state index contributed by atoms with van der Waals surface area (Å²) in [6.45, 7) is 0. The second-order valence-electron chi connectivity index (χ2n) is 6.40. The van der Waals surface area contributed by atoms with Crippen LogP contribution in [-0.4, -0.2) is 4.98 Å². The van der Waals surface area contributed by atoms with Crippen molar-refractivity contribution in [3.8, 4) is 20.9 Å². The van der Waals surface area contributed by atoms with Gasteiger partial charge in [0, 0.05) is 35.6 Å². The van der Waals surface area contributed by atoms with Gasteiger partial charge in [-0.1, -0.05) is 24.3 Å². The lowest BCUT2D eigenvalue weighted by molar-refractivity contribution is 1.48. The summed E-state index contributed by atoms with van der Waals surface area (Å²) in [5, 5.41) is 4.74. The van der Waals surface area contributed by atoms with E-state index in [1.807, 2.05) is 40.2 Å². The van der Waals surface area contributed by atoms with Crippen molar-refractivity contribution in [2.45, 2.75) is 0 Å². The first kappa shape index (κ1) is 14.7. The van der Waals surface area contributed by atoms with Gasteiger partial charge in [0.25, 0.3) is 0 Å². The highest BCUT2D eigenvalue weighted by Crippen LogP contribution is 2.40. The van der Waals surface area contributed by atoms with Gasteiger partial charge in [0.05, 0.1) is 0 Å². The molecule has 0 saturated carbocycles. The zero-order valence-electron chi connectivity index (χ0n) is 13.7. The lowest BCUT2D eigenvalue weighted by Gasteiger charge is -1.97. The molecule has 4 heteroatoms. The van der Waals surface area contributed by atoms with Crippen LogP contribution in [0.15, 0.2) is 72.2 Å². The molecule has 6 aromatic rings. The van der Waals surface area contributed by atoms with Crippen LogP contribution < -0.4 is 0 Å². The Balaban J connectivity index is 1.46. The summed E-state index contributed by atoms with van der Waals surface area (Å²) in [6, 6.07) is 22.5. The highest BCUT2D eigenvalue weighted by atomic mass is 32.1. The smallest absolute Gasteiger partial charge is 0.0460 e. The fourth-order valence-corrected chi connectivity index (χ4v) is 6.64. The standard InChI is InChI=1S/C22H13NS3/c1-2-14(9-17-13(1)5-7-23-17)19-10-15-3-4-16(11-20(15)26-19)21-12-22-18(25-21)6-8-24-22/h1-12,23H. The molecule has 0 aliphatic carbocycles. The third kappa shape index (κ3) is 2.27. The molecule has 6 rings (SSSR count). The monoisotopic (exact) mass is 387 g/mol. The number of aromatic amines is 1. The lowest BCUT2D eigenvalue weighted by atomic mass is 10.1. The summed E-state index contributed by atoms with van der Waals surface area (Å²) in [5.74, 6) is 0. The van der Waals surface area contributed by atoms with Crippen LogP contribution in [0, 0.1) is 0 Å². The molecule has 0 aliphatic heterocycles. The molecule has 4 aromatic heterocycles. The van der Waals surface area contributed by atoms with E-state index < -0.39 is 0 Å². The number of benzene rings is 2. The lowest BCUT2D eigenvalue weighted by Crippen LogP contribution is -1.72. The second-order valence-corrected chi connectivity index (χ2v) is 9.52. The summed E-state index contributed by atoms with van der Waals surface area (Å²) in [5.41, 5.74) is 3.79. The van der Waals surface area contributed by atoms with Gasteiger partial charge in [-0.05, 0) is 63.7 Å². The van der Waals surface area contributed by atoms with E-state index in [0.29, 0.717) is 0 Å². The Morgan fingerprint density at radius 2 is 1.42 bits per heavy atom. The number of rotatable bonds is 2. The van der Waals surface area contributed by atoms with Gasteiger partial charge in [-0.25, -0.2) is 0 Å². The molecule has 0 bridgehead atoms. The van der Waals surface area contributed by atoms with Crippen molar-refractivity contribution < 1.29 is 0 Å². The van der Waals surface area contributed by atoms with Crippen molar-refractivity contribution in [3.63, 3.8) is 0 Å². The van der Waals surface area contributed by atoms with Gasteiger partial charge in [0.15, 0.2) is 0 Å². The molecule has 0 spiro atoms. The first-order valence-electron chi connectivity index (χ1n) is 8.42. The number of hydrogen-bond acceptors (Lipinski definition) is 3. The number of aromatic nitrogens is 1. The van der Waals surface area contributed by atoms with Crippen LogP contribution in [0.4, 0.5) is 0 Å². The third-order valence-corrected chi connectivity index (χ3v) is 8.07. The molecule has 1 N–H and O–H groups in total. The molecule has 0 radical (unpaired) electrons. The average molecular weight is 388 g/mol. The Kier molecular flexibility index (Phi) is 3.14. The van der Waals surface area contributed by atoms with Crippen LogP contribution in [-0.2, 0) is 0 Å². The Morgan fingerprint density at radius 1 is 0.615 bits per heavy atom. The van der Waals surface area contributed by atoms with Crippen molar-refractivity contribution in [1.82, 2.24) is 4.98 Å². The number of nitrogens with one attached hydrogen (secondary N) is 1. The Morgan fingerprint density at radius 3 is 2.35 bits per heavy atom. The fourth-order valence-electron chi connectivity index (χ4n) is 3.44. The molecular weight excluding hydrogens is 374 g/mol. The predicted octanol–water partition coefficient (Wildman–Crippen LogP) is 7.99. The number of H-pyrrole nitrogens is 1. The van der Waals surface area contributed by atoms with Gasteiger partial charge in [0.2, 0.25) is 0 Å². The van der Waals surface area contributed by atoms with E-state index in [1.165, 1.54) is 51.3 Å². The van der Waals surface area contributed by atoms with E-state index in [2.05, 4.69) is 71.0 Å². The first-order chi connectivity index (χ1) is 12.8. The molecule has 0 saturated heterocycles. The number of hydrogen-bond donors (Lipinski definition) is 1. The van der Waals surface area contributed by atoms with Crippen molar-refractivity contribution in [2.24, 2.45) is 0 Å². The number of thiophene rings is 3. The Labute approximate surface area is 162 Å². The maximum absolute atomic E-state index is 3.31. The maximum atomic E-state index is 3.31. The minimum Gasteiger partial charge on any atom is -0.361 e. The quantitative estimate of drug-likeness (QED) is 0.310. The molecular formula is C22H13NS3. The van der Waals surface area contributed by atoms with Crippen LogP contribution >= 0.6 is 34.0 Å². The van der Waals surface area contributed by atoms with E-state index in [0.717, 1.165) is 0 Å². The predicted molar refractivity (Wildman–Crippen MR) is 118 cm³/mol. The maximum Gasteiger partial charge on any atom is 0.0460 e. The summed E-state index contributed by atoms with van der Waals surface area (Å²) in [7, 11) is 0. The van der Waals surface area contributed by atoms with Gasteiger partial charge in [-0.2, -0.15) is 0 Å². The van der Waals surface area contributed by atoms with Gasteiger partial charge < -0.3 is 4.98 Å². The zero-order chi connectivity index (χ0) is 17.1. The Hall–Kier alpha value is -2.40. The molecule has 124 valence electrons. The van der Waals surface area contributed by atoms with E-state index in [9.17, 15) is 0 Å². The molecule has 0 fully saturated rings. The molecule has 0 aliphatic rings. The minimum absolute atomic E-state index is 1.19. The zero-order valence-corrected chi connectivity index (χ0v) is 16.1. The Bertz CT molecular complexity index is 1360. The SMILES string of the molecule is c1cc2ccc(-c3cc4ccc(-c5cc6sccc6s5)cc4s3)cc2[nH]1. The molecule has 4 heterocycles. The highest BCUT2D eigenvalue weighted by molar-refractivity contribution is 7.28. The van der Waals surface area contributed by atoms with Crippen molar-refractivity contribution >= 4 is 64.4 Å². The molecule has 1 nitrogen and oxygen atoms in total. The third-order valence-electron chi connectivity index (χ3n) is 4.78. The molecule has 0 amide bonds. The van der Waals surface area contributed by atoms with Crippen LogP contribution in [0.25, 0.3) is 51.3 Å². The van der Waals surface area contributed by atoms with Crippen molar-refractivity contribution in [1.29, 1.82) is 0 Å². The molecule has 2 aromatic carbocycles. The van der Waals surface area contributed by atoms with Crippen molar-refractivity contribution in [3.05, 3.63) is 72.2 Å². The molecule has 0 unspecified atom stereocenters. The normalized spacial score (nSPS) is 11.8. The van der Waals surface area contributed by atoms with Crippen LogP contribution in [0.5, 0.6) is 0 Å². The number of fused-ring (bicyclic) bond motifs is 3. The highest BCUT2D eigenvalue weighted by Gasteiger charge is 2.09. The van der Waals surface area contributed by atoms with Gasteiger partial charge in [-0.15, -0.1) is 34.0 Å². The summed E-state index contributed by atoms with van der Waals surface area (Å²) >= 11 is 5.57. The van der Waals surface area contributed by atoms with Gasteiger partial charge >= 0.3 is 0 Å². The summed E-state index contributed by atoms with van der Waals surface area (Å²) in [6.07, 6.45) is 2.00. The largest absolute Gasteiger partial charge is 0.361 e. The topological polar surface area (TPSA) is 15.8 Å². The summed E-state index contributed by atoms with van der Waals surface area (Å²) < 4.78 is 4.12. The van der Waals surface area contributed by atoms with Crippen LogP contribution in [0.2, 0.25) is 0 Å². The van der Waals surface area contributed by atoms with E-state index in [-0.39, 0.29) is 0 Å². The van der Waals surface area contributed by atoms with Gasteiger partial charge in [0.1, 0.15) is 0 Å². The fraction of sp³-hybridized carbons (Fsp3) is 0. The van der Waals surface area contributed by atoms with Crippen LogP contribution in [0.3, 0.4) is 0 Å². The van der Waals surface area contributed by atoms with E-state index in [1.54, 1.807) is 0 Å².